The lowest BCUT2D eigenvalue weighted by molar-refractivity contribution is -0.384. The Hall–Kier alpha value is -4.53. The molecule has 2 amide bonds. The van der Waals surface area contributed by atoms with Crippen molar-refractivity contribution in [2.75, 3.05) is 19.6 Å². The Morgan fingerprint density at radius 1 is 1.08 bits per heavy atom. The van der Waals surface area contributed by atoms with E-state index in [1.807, 2.05) is 43.5 Å². The van der Waals surface area contributed by atoms with E-state index >= 15 is 0 Å². The molecule has 0 aliphatic carbocycles. The summed E-state index contributed by atoms with van der Waals surface area (Å²) in [6, 6.07) is 16.2. The summed E-state index contributed by atoms with van der Waals surface area (Å²) in [5.74, 6) is -0.320. The minimum atomic E-state index is -0.487. The number of amides is 2. The highest BCUT2D eigenvalue weighted by atomic mass is 16.6. The molecule has 2 N–H and O–H groups in total. The van der Waals surface area contributed by atoms with Crippen molar-refractivity contribution in [1.82, 2.24) is 20.2 Å². The van der Waals surface area contributed by atoms with E-state index in [0.717, 1.165) is 27.9 Å². The number of nitrogens with one attached hydrogen (secondary N) is 2. The standard InChI is InChI=1S/C30H31N5O4/c1-19-7-9-23(35(38)39)17-26(19)30(37)34-15-12-21(13-16-34)28-25(10-8-20(2)33-28)29(36)31-14-11-22-18-32-27-6-4-3-5-24(22)27/h3-10,17-18,21,32H,11-16H2,1-2H3,(H,31,36). The number of aryl methyl sites for hydroxylation is 2. The first-order valence-electron chi connectivity index (χ1n) is 13.2. The molecule has 0 unspecified atom stereocenters. The predicted octanol–water partition coefficient (Wildman–Crippen LogP) is 5.08. The minimum Gasteiger partial charge on any atom is -0.361 e. The summed E-state index contributed by atoms with van der Waals surface area (Å²) in [7, 11) is 0. The van der Waals surface area contributed by atoms with Gasteiger partial charge in [0.15, 0.2) is 0 Å². The van der Waals surface area contributed by atoms with Crippen molar-refractivity contribution in [3.8, 4) is 0 Å². The Kier molecular flexibility index (Phi) is 7.40. The quantitative estimate of drug-likeness (QED) is 0.257. The lowest BCUT2D eigenvalue weighted by Crippen LogP contribution is -2.39. The van der Waals surface area contributed by atoms with Crippen molar-refractivity contribution in [1.29, 1.82) is 0 Å². The van der Waals surface area contributed by atoms with E-state index in [2.05, 4.69) is 16.4 Å². The average molecular weight is 526 g/mol. The topological polar surface area (TPSA) is 121 Å². The van der Waals surface area contributed by atoms with Crippen molar-refractivity contribution in [2.24, 2.45) is 0 Å². The summed E-state index contributed by atoms with van der Waals surface area (Å²) in [6.45, 7) is 5.17. The van der Waals surface area contributed by atoms with Crippen LogP contribution in [-0.2, 0) is 6.42 Å². The maximum Gasteiger partial charge on any atom is 0.270 e. The third kappa shape index (κ3) is 5.52. The fraction of sp³-hybridized carbons (Fsp3) is 0.300. The Balaban J connectivity index is 1.24. The van der Waals surface area contributed by atoms with Gasteiger partial charge in [-0.2, -0.15) is 0 Å². The summed E-state index contributed by atoms with van der Waals surface area (Å²) in [5.41, 5.74) is 5.37. The normalized spacial score (nSPS) is 13.9. The van der Waals surface area contributed by atoms with Gasteiger partial charge in [-0.25, -0.2) is 0 Å². The third-order valence-corrected chi connectivity index (χ3v) is 7.49. The van der Waals surface area contributed by atoms with E-state index in [1.165, 1.54) is 12.1 Å². The Morgan fingerprint density at radius 3 is 2.62 bits per heavy atom. The molecule has 3 heterocycles. The van der Waals surface area contributed by atoms with Crippen molar-refractivity contribution >= 4 is 28.4 Å². The van der Waals surface area contributed by atoms with Gasteiger partial charge in [0, 0.05) is 66.0 Å². The number of H-pyrrole nitrogens is 1. The van der Waals surface area contributed by atoms with E-state index in [-0.39, 0.29) is 23.4 Å². The molecule has 0 bridgehead atoms. The highest BCUT2D eigenvalue weighted by Gasteiger charge is 2.29. The molecule has 9 nitrogen and oxygen atoms in total. The van der Waals surface area contributed by atoms with E-state index in [4.69, 9.17) is 4.98 Å². The number of likely N-dealkylation sites (tertiary alicyclic amines) is 1. The number of non-ortho nitro benzene ring substituents is 1. The number of rotatable bonds is 7. The maximum absolute atomic E-state index is 13.2. The number of nitrogens with zero attached hydrogens (tertiary/aromatic N) is 3. The number of aromatic amines is 1. The Labute approximate surface area is 226 Å². The smallest absolute Gasteiger partial charge is 0.270 e. The molecule has 2 aromatic heterocycles. The van der Waals surface area contributed by atoms with Gasteiger partial charge in [0.1, 0.15) is 0 Å². The van der Waals surface area contributed by atoms with Crippen molar-refractivity contribution in [3.05, 3.63) is 105 Å². The number of nitro groups is 1. The molecule has 5 rings (SSSR count). The van der Waals surface area contributed by atoms with Gasteiger partial charge in [0.25, 0.3) is 17.5 Å². The molecule has 0 saturated carbocycles. The minimum absolute atomic E-state index is 0.0366. The summed E-state index contributed by atoms with van der Waals surface area (Å²) in [4.78, 5) is 46.9. The van der Waals surface area contributed by atoms with Crippen LogP contribution < -0.4 is 5.32 Å². The molecule has 1 aliphatic rings. The SMILES string of the molecule is Cc1ccc(C(=O)NCCc2c[nH]c3ccccc23)c(C2CCN(C(=O)c3cc([N+](=O)[O-])ccc3C)CC2)n1. The molecule has 9 heteroatoms. The molecule has 2 aromatic carbocycles. The molecule has 1 fully saturated rings. The number of hydrogen-bond acceptors (Lipinski definition) is 5. The fourth-order valence-corrected chi connectivity index (χ4v) is 5.30. The third-order valence-electron chi connectivity index (χ3n) is 7.49. The van der Waals surface area contributed by atoms with E-state index < -0.39 is 4.92 Å². The first-order valence-corrected chi connectivity index (χ1v) is 13.2. The predicted molar refractivity (Wildman–Crippen MR) is 149 cm³/mol. The van der Waals surface area contributed by atoms with Crippen LogP contribution in [0.15, 0.2) is 60.8 Å². The molecule has 39 heavy (non-hydrogen) atoms. The lowest BCUT2D eigenvalue weighted by Gasteiger charge is -2.32. The zero-order valence-corrected chi connectivity index (χ0v) is 22.1. The van der Waals surface area contributed by atoms with Gasteiger partial charge >= 0.3 is 0 Å². The lowest BCUT2D eigenvalue weighted by atomic mass is 9.89. The number of nitro benzene ring substituents is 1. The number of pyridine rings is 1. The van der Waals surface area contributed by atoms with Crippen molar-refractivity contribution in [2.45, 2.75) is 39.0 Å². The van der Waals surface area contributed by atoms with Crippen LogP contribution >= 0.6 is 0 Å². The maximum atomic E-state index is 13.2. The zero-order chi connectivity index (χ0) is 27.5. The van der Waals surface area contributed by atoms with Gasteiger partial charge in [-0.05, 0) is 62.4 Å². The number of carbonyl (C=O) groups is 2. The summed E-state index contributed by atoms with van der Waals surface area (Å²) in [5, 5.41) is 15.4. The number of aromatic nitrogens is 2. The number of carbonyl (C=O) groups excluding carboxylic acids is 2. The average Bonchev–Trinajstić information content (AvgIpc) is 3.36. The van der Waals surface area contributed by atoms with Crippen LogP contribution in [0.25, 0.3) is 10.9 Å². The van der Waals surface area contributed by atoms with E-state index in [9.17, 15) is 19.7 Å². The second-order valence-electron chi connectivity index (χ2n) is 10.1. The van der Waals surface area contributed by atoms with Crippen LogP contribution in [0, 0.1) is 24.0 Å². The van der Waals surface area contributed by atoms with Crippen LogP contribution in [0.1, 0.15) is 62.0 Å². The first-order chi connectivity index (χ1) is 18.8. The van der Waals surface area contributed by atoms with Crippen LogP contribution in [-0.4, -0.2) is 51.2 Å². The highest BCUT2D eigenvalue weighted by molar-refractivity contribution is 5.97. The highest BCUT2D eigenvalue weighted by Crippen LogP contribution is 2.31. The zero-order valence-electron chi connectivity index (χ0n) is 22.1. The number of para-hydroxylation sites is 1. The second kappa shape index (κ2) is 11.1. The summed E-state index contributed by atoms with van der Waals surface area (Å²) >= 11 is 0. The first kappa shape index (κ1) is 26.1. The molecule has 0 atom stereocenters. The van der Waals surface area contributed by atoms with E-state index in [0.29, 0.717) is 55.6 Å². The van der Waals surface area contributed by atoms with Crippen LogP contribution in [0.4, 0.5) is 5.69 Å². The Bertz CT molecular complexity index is 1550. The molecule has 200 valence electrons. The molecule has 0 radical (unpaired) electrons. The fourth-order valence-electron chi connectivity index (χ4n) is 5.30. The van der Waals surface area contributed by atoms with Crippen molar-refractivity contribution in [3.63, 3.8) is 0 Å². The number of piperidine rings is 1. The summed E-state index contributed by atoms with van der Waals surface area (Å²) in [6.07, 6.45) is 4.01. The number of fused-ring (bicyclic) bond motifs is 1. The van der Waals surface area contributed by atoms with Gasteiger partial charge in [-0.3, -0.25) is 24.7 Å². The largest absolute Gasteiger partial charge is 0.361 e. The monoisotopic (exact) mass is 525 g/mol. The summed E-state index contributed by atoms with van der Waals surface area (Å²) < 4.78 is 0. The van der Waals surface area contributed by atoms with Crippen LogP contribution in [0.2, 0.25) is 0 Å². The molecule has 4 aromatic rings. The number of hydrogen-bond donors (Lipinski definition) is 2. The number of benzene rings is 2. The molecular weight excluding hydrogens is 494 g/mol. The van der Waals surface area contributed by atoms with Gasteiger partial charge in [0.05, 0.1) is 16.2 Å². The molecular formula is C30H31N5O4. The molecule has 1 saturated heterocycles. The van der Waals surface area contributed by atoms with Crippen LogP contribution in [0.5, 0.6) is 0 Å². The van der Waals surface area contributed by atoms with Gasteiger partial charge in [-0.1, -0.05) is 24.3 Å². The van der Waals surface area contributed by atoms with Crippen LogP contribution in [0.3, 0.4) is 0 Å². The Morgan fingerprint density at radius 2 is 1.85 bits per heavy atom. The second-order valence-corrected chi connectivity index (χ2v) is 10.1. The van der Waals surface area contributed by atoms with E-state index in [1.54, 1.807) is 17.9 Å². The van der Waals surface area contributed by atoms with Crippen molar-refractivity contribution < 1.29 is 14.5 Å². The molecule has 0 spiro atoms. The van der Waals surface area contributed by atoms with Gasteiger partial charge < -0.3 is 15.2 Å². The molecule has 1 aliphatic heterocycles. The van der Waals surface area contributed by atoms with Gasteiger partial charge in [0.2, 0.25) is 0 Å². The van der Waals surface area contributed by atoms with Gasteiger partial charge in [-0.15, -0.1) is 0 Å².